The van der Waals surface area contributed by atoms with E-state index in [2.05, 4.69) is 4.99 Å². The standard InChI is InChI=1S/C14H23NO/c16-12-15-14(10-6-3-7-11-14)13-8-4-1-2-5-9-13/h13H,1-11H2. The van der Waals surface area contributed by atoms with Crippen molar-refractivity contribution in [2.45, 2.75) is 76.2 Å². The zero-order valence-electron chi connectivity index (χ0n) is 10.2. The van der Waals surface area contributed by atoms with Crippen molar-refractivity contribution in [3.63, 3.8) is 0 Å². The maximum absolute atomic E-state index is 10.7. The van der Waals surface area contributed by atoms with Gasteiger partial charge in [-0.15, -0.1) is 0 Å². The minimum atomic E-state index is -0.00958. The zero-order chi connectivity index (χ0) is 11.3. The SMILES string of the molecule is O=C=NC1(C2CCCCCC2)CCCCC1. The van der Waals surface area contributed by atoms with Gasteiger partial charge in [-0.2, -0.15) is 4.99 Å². The number of carbonyl (C=O) groups excluding carboxylic acids is 1. The van der Waals surface area contributed by atoms with Gasteiger partial charge >= 0.3 is 0 Å². The molecule has 2 nitrogen and oxygen atoms in total. The Morgan fingerprint density at radius 2 is 1.44 bits per heavy atom. The Hall–Kier alpha value is -0.620. The summed E-state index contributed by atoms with van der Waals surface area (Å²) in [6, 6.07) is 0. The van der Waals surface area contributed by atoms with Crippen molar-refractivity contribution >= 4 is 6.08 Å². The molecule has 0 heterocycles. The lowest BCUT2D eigenvalue weighted by Crippen LogP contribution is -2.38. The molecule has 0 unspecified atom stereocenters. The molecule has 90 valence electrons. The van der Waals surface area contributed by atoms with E-state index in [0.29, 0.717) is 5.92 Å². The van der Waals surface area contributed by atoms with Crippen molar-refractivity contribution in [3.05, 3.63) is 0 Å². The number of nitrogens with zero attached hydrogens (tertiary/aromatic N) is 1. The summed E-state index contributed by atoms with van der Waals surface area (Å²) < 4.78 is 0. The molecule has 2 aliphatic carbocycles. The van der Waals surface area contributed by atoms with Crippen molar-refractivity contribution < 1.29 is 4.79 Å². The maximum atomic E-state index is 10.7. The largest absolute Gasteiger partial charge is 0.235 e. The molecule has 0 aromatic heterocycles. The molecule has 0 saturated heterocycles. The summed E-state index contributed by atoms with van der Waals surface area (Å²) in [6.07, 6.45) is 15.9. The van der Waals surface area contributed by atoms with Crippen molar-refractivity contribution in [2.24, 2.45) is 10.9 Å². The predicted molar refractivity (Wildman–Crippen MR) is 65.1 cm³/mol. The summed E-state index contributed by atoms with van der Waals surface area (Å²) in [7, 11) is 0. The summed E-state index contributed by atoms with van der Waals surface area (Å²) in [6.45, 7) is 0. The Morgan fingerprint density at radius 3 is 2.00 bits per heavy atom. The van der Waals surface area contributed by atoms with Crippen molar-refractivity contribution in [2.75, 3.05) is 0 Å². The quantitative estimate of drug-likeness (QED) is 0.394. The molecule has 2 fully saturated rings. The van der Waals surface area contributed by atoms with Crippen LogP contribution in [0.4, 0.5) is 0 Å². The fraction of sp³-hybridized carbons (Fsp3) is 0.929. The van der Waals surface area contributed by atoms with Crippen LogP contribution in [0.1, 0.15) is 70.6 Å². The van der Waals surface area contributed by atoms with Crippen molar-refractivity contribution in [3.8, 4) is 0 Å². The van der Waals surface area contributed by atoms with E-state index >= 15 is 0 Å². The van der Waals surface area contributed by atoms with E-state index in [1.54, 1.807) is 0 Å². The highest BCUT2D eigenvalue weighted by Gasteiger charge is 2.39. The first-order chi connectivity index (χ1) is 7.87. The summed E-state index contributed by atoms with van der Waals surface area (Å²) >= 11 is 0. The van der Waals surface area contributed by atoms with E-state index in [1.807, 2.05) is 6.08 Å². The van der Waals surface area contributed by atoms with E-state index in [9.17, 15) is 4.79 Å². The van der Waals surface area contributed by atoms with Gasteiger partial charge in [0.2, 0.25) is 6.08 Å². The van der Waals surface area contributed by atoms with Crippen LogP contribution in [0.15, 0.2) is 4.99 Å². The van der Waals surface area contributed by atoms with Crippen LogP contribution in [0, 0.1) is 5.92 Å². The first-order valence-corrected chi connectivity index (χ1v) is 6.96. The van der Waals surface area contributed by atoms with Crippen LogP contribution >= 0.6 is 0 Å². The molecular formula is C14H23NO. The van der Waals surface area contributed by atoms with Gasteiger partial charge in [-0.3, -0.25) is 0 Å². The summed E-state index contributed by atoms with van der Waals surface area (Å²) in [5.74, 6) is 0.664. The normalized spacial score (nSPS) is 26.8. The van der Waals surface area contributed by atoms with Crippen LogP contribution in [0.3, 0.4) is 0 Å². The Bertz CT molecular complexity index is 254. The summed E-state index contributed by atoms with van der Waals surface area (Å²) in [5.41, 5.74) is -0.00958. The highest BCUT2D eigenvalue weighted by Crippen LogP contribution is 2.43. The molecule has 0 aromatic carbocycles. The van der Waals surface area contributed by atoms with E-state index in [4.69, 9.17) is 0 Å². The van der Waals surface area contributed by atoms with Gasteiger partial charge in [-0.25, -0.2) is 4.79 Å². The third-order valence-electron chi connectivity index (χ3n) is 4.60. The third-order valence-corrected chi connectivity index (χ3v) is 4.60. The van der Waals surface area contributed by atoms with Gasteiger partial charge in [0.25, 0.3) is 0 Å². The first-order valence-electron chi connectivity index (χ1n) is 6.96. The minimum Gasteiger partial charge on any atom is -0.211 e. The first kappa shape index (κ1) is 11.9. The van der Waals surface area contributed by atoms with Gasteiger partial charge < -0.3 is 0 Å². The average molecular weight is 221 g/mol. The Labute approximate surface area is 98.5 Å². The van der Waals surface area contributed by atoms with E-state index in [-0.39, 0.29) is 5.54 Å². The molecule has 2 rings (SSSR count). The minimum absolute atomic E-state index is 0.00958. The molecule has 0 aromatic rings. The van der Waals surface area contributed by atoms with Crippen LogP contribution in [0.5, 0.6) is 0 Å². The highest BCUT2D eigenvalue weighted by molar-refractivity contribution is 5.35. The second-order valence-corrected chi connectivity index (χ2v) is 5.56. The summed E-state index contributed by atoms with van der Waals surface area (Å²) in [4.78, 5) is 15.0. The Morgan fingerprint density at radius 1 is 0.875 bits per heavy atom. The molecular weight excluding hydrogens is 198 g/mol. The molecule has 16 heavy (non-hydrogen) atoms. The van der Waals surface area contributed by atoms with Gasteiger partial charge in [0.05, 0.1) is 5.54 Å². The van der Waals surface area contributed by atoms with Crippen LogP contribution < -0.4 is 0 Å². The lowest BCUT2D eigenvalue weighted by Gasteiger charge is -2.39. The maximum Gasteiger partial charge on any atom is 0.235 e. The molecule has 2 saturated carbocycles. The van der Waals surface area contributed by atoms with Gasteiger partial charge in [0, 0.05) is 0 Å². The fourth-order valence-electron chi connectivity index (χ4n) is 3.68. The van der Waals surface area contributed by atoms with Crippen LogP contribution in [0.2, 0.25) is 0 Å². The van der Waals surface area contributed by atoms with Crippen LogP contribution in [0.25, 0.3) is 0 Å². The number of hydrogen-bond acceptors (Lipinski definition) is 2. The molecule has 0 atom stereocenters. The second kappa shape index (κ2) is 5.63. The Kier molecular flexibility index (Phi) is 4.17. The monoisotopic (exact) mass is 221 g/mol. The number of isocyanates is 1. The van der Waals surface area contributed by atoms with Crippen molar-refractivity contribution in [1.29, 1.82) is 0 Å². The molecule has 0 N–H and O–H groups in total. The number of hydrogen-bond donors (Lipinski definition) is 0. The smallest absolute Gasteiger partial charge is 0.211 e. The second-order valence-electron chi connectivity index (χ2n) is 5.56. The van der Waals surface area contributed by atoms with Gasteiger partial charge in [0.15, 0.2) is 0 Å². The third kappa shape index (κ3) is 2.55. The molecule has 0 amide bonds. The average Bonchev–Trinajstić information content (AvgIpc) is 2.59. The Balaban J connectivity index is 2.12. The number of aliphatic imine (C=N–C) groups is 1. The summed E-state index contributed by atoms with van der Waals surface area (Å²) in [5, 5.41) is 0. The lowest BCUT2D eigenvalue weighted by atomic mass is 9.70. The molecule has 2 aliphatic rings. The number of rotatable bonds is 2. The van der Waals surface area contributed by atoms with Gasteiger partial charge in [-0.05, 0) is 31.6 Å². The van der Waals surface area contributed by atoms with Gasteiger partial charge in [0.1, 0.15) is 0 Å². The molecule has 0 bridgehead atoms. The predicted octanol–water partition coefficient (Wildman–Crippen LogP) is 4.00. The molecule has 0 aliphatic heterocycles. The van der Waals surface area contributed by atoms with E-state index in [0.717, 1.165) is 12.8 Å². The topological polar surface area (TPSA) is 29.4 Å². The van der Waals surface area contributed by atoms with Crippen LogP contribution in [-0.4, -0.2) is 11.6 Å². The fourth-order valence-corrected chi connectivity index (χ4v) is 3.68. The molecule has 0 radical (unpaired) electrons. The molecule has 2 heteroatoms. The van der Waals surface area contributed by atoms with Gasteiger partial charge in [-0.1, -0.05) is 44.9 Å². The lowest BCUT2D eigenvalue weighted by molar-refractivity contribution is 0.180. The molecule has 0 spiro atoms. The van der Waals surface area contributed by atoms with E-state index in [1.165, 1.54) is 57.8 Å². The van der Waals surface area contributed by atoms with E-state index < -0.39 is 0 Å². The zero-order valence-corrected chi connectivity index (χ0v) is 10.2. The highest BCUT2D eigenvalue weighted by atomic mass is 16.1. The van der Waals surface area contributed by atoms with Crippen LogP contribution in [-0.2, 0) is 4.79 Å². The van der Waals surface area contributed by atoms with Crippen molar-refractivity contribution in [1.82, 2.24) is 0 Å².